The molecule has 0 aliphatic carbocycles. The van der Waals surface area contributed by atoms with Crippen LogP contribution in [-0.2, 0) is 19.8 Å². The lowest BCUT2D eigenvalue weighted by Gasteiger charge is -2.35. The number of alkyl halides is 3. The van der Waals surface area contributed by atoms with Crippen molar-refractivity contribution in [1.82, 2.24) is 14.5 Å². The Balaban J connectivity index is 1.51. The van der Waals surface area contributed by atoms with Gasteiger partial charge < -0.3 is 24.3 Å². The smallest absolute Gasteiger partial charge is 0.296 e. The zero-order valence-corrected chi connectivity index (χ0v) is 17.7. The van der Waals surface area contributed by atoms with Crippen LogP contribution in [0.5, 0.6) is 0 Å². The molecule has 1 saturated heterocycles. The molecule has 5 atom stereocenters. The predicted octanol–water partition coefficient (Wildman–Crippen LogP) is 2.85. The van der Waals surface area contributed by atoms with Crippen molar-refractivity contribution in [1.29, 1.82) is 0 Å². The molecule has 1 aromatic carbocycles. The SMILES string of the molecule is O[C@@H]1[C@H](O)[C@@H]([C@@H]2OCC(F)(F)c3ccccc32)O[C@H]1n1ccc2c(CI)ncnc21. The van der Waals surface area contributed by atoms with Crippen molar-refractivity contribution in [3.8, 4) is 0 Å². The highest BCUT2D eigenvalue weighted by Gasteiger charge is 2.52. The molecule has 10 heteroatoms. The van der Waals surface area contributed by atoms with E-state index in [2.05, 4.69) is 32.6 Å². The van der Waals surface area contributed by atoms with Gasteiger partial charge >= 0.3 is 0 Å². The van der Waals surface area contributed by atoms with Gasteiger partial charge in [0, 0.05) is 21.6 Å². The second kappa shape index (κ2) is 7.45. The van der Waals surface area contributed by atoms with Gasteiger partial charge in [0.05, 0.1) is 5.69 Å². The summed E-state index contributed by atoms with van der Waals surface area (Å²) in [5, 5.41) is 22.3. The second-order valence-electron chi connectivity index (χ2n) is 7.41. The van der Waals surface area contributed by atoms with Crippen LogP contribution in [0, 0.1) is 0 Å². The first-order chi connectivity index (χ1) is 14.4. The molecule has 0 amide bonds. The first-order valence-electron chi connectivity index (χ1n) is 9.39. The summed E-state index contributed by atoms with van der Waals surface area (Å²) in [4.78, 5) is 8.54. The summed E-state index contributed by atoms with van der Waals surface area (Å²) in [5.74, 6) is -3.13. The van der Waals surface area contributed by atoms with E-state index in [0.717, 1.165) is 11.1 Å². The minimum atomic E-state index is -3.13. The van der Waals surface area contributed by atoms with E-state index >= 15 is 0 Å². The molecule has 0 unspecified atom stereocenters. The van der Waals surface area contributed by atoms with Crippen molar-refractivity contribution in [3.63, 3.8) is 0 Å². The summed E-state index contributed by atoms with van der Waals surface area (Å²) >= 11 is 2.20. The molecule has 0 radical (unpaired) electrons. The topological polar surface area (TPSA) is 89.6 Å². The van der Waals surface area contributed by atoms with Gasteiger partial charge in [0.25, 0.3) is 5.92 Å². The van der Waals surface area contributed by atoms with Gasteiger partial charge in [-0.15, -0.1) is 0 Å². The Bertz CT molecular complexity index is 1090. The van der Waals surface area contributed by atoms with Crippen LogP contribution in [0.15, 0.2) is 42.9 Å². The highest BCUT2D eigenvalue weighted by Crippen LogP contribution is 2.46. The summed E-state index contributed by atoms with van der Waals surface area (Å²) in [5.41, 5.74) is 1.50. The van der Waals surface area contributed by atoms with Gasteiger partial charge in [-0.3, -0.25) is 0 Å². The normalized spacial score (nSPS) is 30.5. The quantitative estimate of drug-likeness (QED) is 0.401. The van der Waals surface area contributed by atoms with E-state index in [1.807, 2.05) is 6.07 Å². The summed E-state index contributed by atoms with van der Waals surface area (Å²) in [6.07, 6.45) is -2.38. The fourth-order valence-corrected chi connectivity index (χ4v) is 4.82. The minimum absolute atomic E-state index is 0.152. The molecule has 0 saturated carbocycles. The molecule has 7 nitrogen and oxygen atoms in total. The second-order valence-corrected chi connectivity index (χ2v) is 8.17. The van der Waals surface area contributed by atoms with Crippen LogP contribution in [-0.4, -0.2) is 49.7 Å². The number of hydrogen-bond acceptors (Lipinski definition) is 6. The molecular weight excluding hydrogens is 511 g/mol. The van der Waals surface area contributed by atoms with Gasteiger partial charge in [-0.2, -0.15) is 8.78 Å². The molecule has 3 aromatic rings. The van der Waals surface area contributed by atoms with Gasteiger partial charge in [-0.1, -0.05) is 46.9 Å². The number of aliphatic hydroxyl groups excluding tert-OH is 2. The van der Waals surface area contributed by atoms with E-state index in [1.165, 1.54) is 24.5 Å². The Hall–Kier alpha value is -1.73. The molecule has 0 bridgehead atoms. The van der Waals surface area contributed by atoms with E-state index < -0.39 is 43.2 Å². The molecule has 4 heterocycles. The standard InChI is InChI=1S/C20H18F2IN3O4/c21-20(22)8-29-16(10-3-1-2-4-12(10)20)17-14(27)15(28)19(30-17)26-6-5-11-13(7-23)24-9-25-18(11)26/h1-6,9,14-17,19,27-28H,7-8H2/t14-,15+,16+,17-,19+/m0/s1. The van der Waals surface area contributed by atoms with Gasteiger partial charge in [-0.05, 0) is 11.6 Å². The van der Waals surface area contributed by atoms with Crippen LogP contribution in [0.3, 0.4) is 0 Å². The van der Waals surface area contributed by atoms with Crippen molar-refractivity contribution in [3.05, 3.63) is 59.7 Å². The Labute approximate surface area is 183 Å². The number of nitrogens with zero attached hydrogens (tertiary/aromatic N) is 3. The van der Waals surface area contributed by atoms with Gasteiger partial charge in [0.2, 0.25) is 0 Å². The monoisotopic (exact) mass is 529 g/mol. The lowest BCUT2D eigenvalue weighted by molar-refractivity contribution is -0.170. The molecule has 2 aliphatic rings. The number of halogens is 3. The van der Waals surface area contributed by atoms with E-state index in [-0.39, 0.29) is 11.1 Å². The van der Waals surface area contributed by atoms with Crippen LogP contribution >= 0.6 is 22.6 Å². The molecule has 158 valence electrons. The van der Waals surface area contributed by atoms with E-state index in [4.69, 9.17) is 9.47 Å². The summed E-state index contributed by atoms with van der Waals surface area (Å²) in [6, 6.07) is 7.88. The van der Waals surface area contributed by atoms with E-state index in [9.17, 15) is 19.0 Å². The lowest BCUT2D eigenvalue weighted by atomic mass is 9.90. The van der Waals surface area contributed by atoms with Crippen molar-refractivity contribution in [2.75, 3.05) is 6.61 Å². The van der Waals surface area contributed by atoms with Gasteiger partial charge in [-0.25, -0.2) is 9.97 Å². The molecule has 30 heavy (non-hydrogen) atoms. The molecule has 1 fully saturated rings. The van der Waals surface area contributed by atoms with Crippen molar-refractivity contribution in [2.45, 2.75) is 41.0 Å². The fourth-order valence-electron chi connectivity index (χ4n) is 4.21. The number of aromatic nitrogens is 3. The van der Waals surface area contributed by atoms with Crippen molar-refractivity contribution >= 4 is 33.6 Å². The zero-order valence-electron chi connectivity index (χ0n) is 15.5. The third kappa shape index (κ3) is 3.04. The van der Waals surface area contributed by atoms with E-state index in [1.54, 1.807) is 16.8 Å². The predicted molar refractivity (Wildman–Crippen MR) is 110 cm³/mol. The number of ether oxygens (including phenoxy) is 2. The molecule has 2 N–H and O–H groups in total. The maximum atomic E-state index is 14.3. The van der Waals surface area contributed by atoms with Crippen LogP contribution in [0.2, 0.25) is 0 Å². The molecule has 2 aliphatic heterocycles. The molecule has 5 rings (SSSR count). The minimum Gasteiger partial charge on any atom is -0.387 e. The Kier molecular flexibility index (Phi) is 5.01. The molecule has 0 spiro atoms. The Morgan fingerprint density at radius 1 is 1.17 bits per heavy atom. The highest BCUT2D eigenvalue weighted by molar-refractivity contribution is 14.1. The van der Waals surface area contributed by atoms with Crippen molar-refractivity contribution in [2.24, 2.45) is 0 Å². The average molecular weight is 529 g/mol. The van der Waals surface area contributed by atoms with Gasteiger partial charge in [0.1, 0.15) is 43.0 Å². The van der Waals surface area contributed by atoms with Crippen LogP contribution < -0.4 is 0 Å². The summed E-state index contributed by atoms with van der Waals surface area (Å²) in [7, 11) is 0. The van der Waals surface area contributed by atoms with Crippen LogP contribution in [0.1, 0.15) is 29.2 Å². The van der Waals surface area contributed by atoms with Crippen molar-refractivity contribution < 1.29 is 28.5 Å². The fraction of sp³-hybridized carbons (Fsp3) is 0.400. The first kappa shape index (κ1) is 20.2. The lowest BCUT2D eigenvalue weighted by Crippen LogP contribution is -2.40. The third-order valence-corrected chi connectivity index (χ3v) is 6.39. The third-order valence-electron chi connectivity index (χ3n) is 5.67. The van der Waals surface area contributed by atoms with Crippen LogP contribution in [0.25, 0.3) is 11.0 Å². The number of rotatable bonds is 3. The zero-order chi connectivity index (χ0) is 21.0. The number of aliphatic hydroxyl groups is 2. The molecular formula is C20H18F2IN3O4. The van der Waals surface area contributed by atoms with Gasteiger partial charge in [0.15, 0.2) is 6.23 Å². The Morgan fingerprint density at radius 3 is 2.77 bits per heavy atom. The largest absolute Gasteiger partial charge is 0.387 e. The highest BCUT2D eigenvalue weighted by atomic mass is 127. The maximum Gasteiger partial charge on any atom is 0.296 e. The average Bonchev–Trinajstić information content (AvgIpc) is 3.30. The first-order valence-corrected chi connectivity index (χ1v) is 10.9. The maximum absolute atomic E-state index is 14.3. The summed E-state index contributed by atoms with van der Waals surface area (Å²) < 4.78 is 42.3. The molecule has 2 aromatic heterocycles. The number of benzene rings is 1. The number of fused-ring (bicyclic) bond motifs is 2. The van der Waals surface area contributed by atoms with Crippen LogP contribution in [0.4, 0.5) is 8.78 Å². The summed E-state index contributed by atoms with van der Waals surface area (Å²) in [6.45, 7) is -0.819. The van der Waals surface area contributed by atoms with E-state index in [0.29, 0.717) is 10.1 Å². The number of hydrogen-bond donors (Lipinski definition) is 2. The Morgan fingerprint density at radius 2 is 1.97 bits per heavy atom.